The lowest BCUT2D eigenvalue weighted by molar-refractivity contribution is 0.0854. The Morgan fingerprint density at radius 3 is 2.74 bits per heavy atom. The highest BCUT2D eigenvalue weighted by Gasteiger charge is 2.33. The Morgan fingerprint density at radius 1 is 1.37 bits per heavy atom. The fraction of sp³-hybridized carbons (Fsp3) is 0.562. The van der Waals surface area contributed by atoms with Gasteiger partial charge in [0.2, 0.25) is 0 Å². The van der Waals surface area contributed by atoms with Crippen molar-refractivity contribution in [2.75, 3.05) is 5.73 Å². The zero-order valence-corrected chi connectivity index (χ0v) is 12.1. The van der Waals surface area contributed by atoms with E-state index in [-0.39, 0.29) is 17.4 Å². The van der Waals surface area contributed by atoms with Crippen LogP contribution in [0.4, 0.5) is 5.69 Å². The minimum Gasteiger partial charge on any atom is -0.398 e. The minimum absolute atomic E-state index is 0.0440. The van der Waals surface area contributed by atoms with E-state index in [0.29, 0.717) is 11.3 Å². The third kappa shape index (κ3) is 3.09. The van der Waals surface area contributed by atoms with Gasteiger partial charge in [-0.05, 0) is 42.9 Å². The molecule has 0 saturated heterocycles. The summed E-state index contributed by atoms with van der Waals surface area (Å²) in [6.45, 7) is 6.44. The molecule has 104 valence electrons. The molecular formula is C16H24N2O. The van der Waals surface area contributed by atoms with Crippen molar-refractivity contribution < 1.29 is 4.79 Å². The highest BCUT2D eigenvalue weighted by molar-refractivity contribution is 5.99. The lowest BCUT2D eigenvalue weighted by atomic mass is 9.73. The van der Waals surface area contributed by atoms with Crippen LogP contribution in [0, 0.1) is 12.3 Å². The predicted octanol–water partition coefficient (Wildman–Crippen LogP) is 3.28. The summed E-state index contributed by atoms with van der Waals surface area (Å²) in [6.07, 6.45) is 4.68. The molecule has 19 heavy (non-hydrogen) atoms. The number of carbonyl (C=O) groups is 1. The Balaban J connectivity index is 2.12. The van der Waals surface area contributed by atoms with Gasteiger partial charge >= 0.3 is 0 Å². The van der Waals surface area contributed by atoms with Crippen LogP contribution in [0.25, 0.3) is 0 Å². The summed E-state index contributed by atoms with van der Waals surface area (Å²) in [6, 6.07) is 5.84. The van der Waals surface area contributed by atoms with Crippen LogP contribution >= 0.6 is 0 Å². The predicted molar refractivity (Wildman–Crippen MR) is 79.1 cm³/mol. The van der Waals surface area contributed by atoms with Crippen molar-refractivity contribution in [3.63, 3.8) is 0 Å². The van der Waals surface area contributed by atoms with Gasteiger partial charge in [0.15, 0.2) is 0 Å². The number of nitrogens with two attached hydrogens (primary N) is 1. The number of aryl methyl sites for hydroxylation is 1. The third-order valence-electron chi connectivity index (χ3n) is 4.26. The molecule has 0 aromatic heterocycles. The highest BCUT2D eigenvalue weighted by Crippen LogP contribution is 2.35. The molecule has 1 amide bonds. The summed E-state index contributed by atoms with van der Waals surface area (Å²) >= 11 is 0. The molecule has 1 aromatic carbocycles. The smallest absolute Gasteiger partial charge is 0.253 e. The lowest BCUT2D eigenvalue weighted by Crippen LogP contribution is -2.46. The molecule has 0 spiro atoms. The number of anilines is 1. The Hall–Kier alpha value is -1.51. The molecule has 2 rings (SSSR count). The van der Waals surface area contributed by atoms with Gasteiger partial charge in [0.25, 0.3) is 5.91 Å². The average Bonchev–Trinajstić information content (AvgIpc) is 2.31. The molecule has 0 heterocycles. The first-order valence-electron chi connectivity index (χ1n) is 7.07. The van der Waals surface area contributed by atoms with Gasteiger partial charge in [-0.3, -0.25) is 4.79 Å². The molecule has 1 fully saturated rings. The molecule has 0 aliphatic heterocycles. The highest BCUT2D eigenvalue weighted by atomic mass is 16.1. The van der Waals surface area contributed by atoms with Crippen molar-refractivity contribution >= 4 is 11.6 Å². The van der Waals surface area contributed by atoms with Crippen molar-refractivity contribution in [2.24, 2.45) is 5.41 Å². The van der Waals surface area contributed by atoms with Crippen LogP contribution in [0.1, 0.15) is 55.5 Å². The Kier molecular flexibility index (Phi) is 3.83. The van der Waals surface area contributed by atoms with E-state index in [1.807, 2.05) is 25.1 Å². The minimum atomic E-state index is -0.0440. The number of amides is 1. The second-order valence-corrected chi connectivity index (χ2v) is 6.35. The second kappa shape index (κ2) is 5.24. The van der Waals surface area contributed by atoms with Crippen LogP contribution in [0.5, 0.6) is 0 Å². The first-order chi connectivity index (χ1) is 8.90. The van der Waals surface area contributed by atoms with E-state index in [2.05, 4.69) is 19.2 Å². The topological polar surface area (TPSA) is 55.1 Å². The molecule has 1 aromatic rings. The van der Waals surface area contributed by atoms with E-state index in [1.54, 1.807) is 0 Å². The molecule has 1 aliphatic rings. The molecule has 3 heteroatoms. The van der Waals surface area contributed by atoms with Crippen LogP contribution in [0.15, 0.2) is 18.2 Å². The molecule has 1 unspecified atom stereocenters. The van der Waals surface area contributed by atoms with E-state index < -0.39 is 0 Å². The summed E-state index contributed by atoms with van der Waals surface area (Å²) in [5.41, 5.74) is 8.34. The standard InChI is InChI=1S/C16H24N2O/c1-11-7-8-12(13(17)10-11)15(19)18-14-6-4-5-9-16(14,2)3/h7-8,10,14H,4-6,9,17H2,1-3H3,(H,18,19). The average molecular weight is 260 g/mol. The number of hydrogen-bond acceptors (Lipinski definition) is 2. The van der Waals surface area contributed by atoms with Gasteiger partial charge in [0.05, 0.1) is 5.56 Å². The second-order valence-electron chi connectivity index (χ2n) is 6.35. The Morgan fingerprint density at radius 2 is 2.11 bits per heavy atom. The van der Waals surface area contributed by atoms with Crippen LogP contribution in [0.3, 0.4) is 0 Å². The van der Waals surface area contributed by atoms with Gasteiger partial charge in [-0.25, -0.2) is 0 Å². The molecular weight excluding hydrogens is 236 g/mol. The van der Waals surface area contributed by atoms with E-state index in [0.717, 1.165) is 12.0 Å². The van der Waals surface area contributed by atoms with Crippen molar-refractivity contribution in [3.05, 3.63) is 29.3 Å². The molecule has 1 atom stereocenters. The number of rotatable bonds is 2. The summed E-state index contributed by atoms with van der Waals surface area (Å²) < 4.78 is 0. The van der Waals surface area contributed by atoms with Crippen LogP contribution < -0.4 is 11.1 Å². The van der Waals surface area contributed by atoms with Gasteiger partial charge in [-0.2, -0.15) is 0 Å². The van der Waals surface area contributed by atoms with Gasteiger partial charge in [0.1, 0.15) is 0 Å². The number of benzene rings is 1. The third-order valence-corrected chi connectivity index (χ3v) is 4.26. The van der Waals surface area contributed by atoms with Crippen molar-refractivity contribution in [2.45, 2.75) is 52.5 Å². The van der Waals surface area contributed by atoms with E-state index in [9.17, 15) is 4.79 Å². The first-order valence-corrected chi connectivity index (χ1v) is 7.07. The lowest BCUT2D eigenvalue weighted by Gasteiger charge is -2.39. The Bertz CT molecular complexity index is 480. The van der Waals surface area contributed by atoms with Gasteiger partial charge in [-0.15, -0.1) is 0 Å². The maximum Gasteiger partial charge on any atom is 0.253 e. The van der Waals surface area contributed by atoms with Gasteiger partial charge in [-0.1, -0.05) is 32.8 Å². The SMILES string of the molecule is Cc1ccc(C(=O)NC2CCCCC2(C)C)c(N)c1. The molecule has 3 nitrogen and oxygen atoms in total. The van der Waals surface area contributed by atoms with Crippen molar-refractivity contribution in [3.8, 4) is 0 Å². The molecule has 1 saturated carbocycles. The largest absolute Gasteiger partial charge is 0.398 e. The normalized spacial score (nSPS) is 21.9. The van der Waals surface area contributed by atoms with Gasteiger partial charge < -0.3 is 11.1 Å². The van der Waals surface area contributed by atoms with Crippen LogP contribution in [-0.2, 0) is 0 Å². The summed E-state index contributed by atoms with van der Waals surface area (Å²) in [5.74, 6) is -0.0440. The number of nitrogen functional groups attached to an aromatic ring is 1. The number of hydrogen-bond donors (Lipinski definition) is 2. The summed E-state index contributed by atoms with van der Waals surface area (Å²) in [5, 5.41) is 3.17. The van der Waals surface area contributed by atoms with E-state index >= 15 is 0 Å². The first kappa shape index (κ1) is 13.9. The van der Waals surface area contributed by atoms with Gasteiger partial charge in [0, 0.05) is 11.7 Å². The monoisotopic (exact) mass is 260 g/mol. The maximum absolute atomic E-state index is 12.3. The maximum atomic E-state index is 12.3. The van der Waals surface area contributed by atoms with Crippen LogP contribution in [-0.4, -0.2) is 11.9 Å². The zero-order valence-electron chi connectivity index (χ0n) is 12.1. The molecule has 1 aliphatic carbocycles. The van der Waals surface area contributed by atoms with Crippen molar-refractivity contribution in [1.82, 2.24) is 5.32 Å². The summed E-state index contributed by atoms with van der Waals surface area (Å²) in [7, 11) is 0. The molecule has 3 N–H and O–H groups in total. The van der Waals surface area contributed by atoms with E-state index in [4.69, 9.17) is 5.73 Å². The zero-order chi connectivity index (χ0) is 14.0. The molecule has 0 bridgehead atoms. The number of nitrogens with one attached hydrogen (secondary N) is 1. The van der Waals surface area contributed by atoms with E-state index in [1.165, 1.54) is 19.3 Å². The fourth-order valence-electron chi connectivity index (χ4n) is 2.89. The molecule has 0 radical (unpaired) electrons. The summed E-state index contributed by atoms with van der Waals surface area (Å²) in [4.78, 5) is 12.3. The fourth-order valence-corrected chi connectivity index (χ4v) is 2.89. The quantitative estimate of drug-likeness (QED) is 0.802. The van der Waals surface area contributed by atoms with Crippen LogP contribution in [0.2, 0.25) is 0 Å². The Labute approximate surface area is 115 Å². The van der Waals surface area contributed by atoms with Crippen molar-refractivity contribution in [1.29, 1.82) is 0 Å². The number of carbonyl (C=O) groups excluding carboxylic acids is 1.